The number of rotatable bonds is 6. The van der Waals surface area contributed by atoms with Crippen LogP contribution in [0.15, 0.2) is 60.8 Å². The summed E-state index contributed by atoms with van der Waals surface area (Å²) in [4.78, 5) is 37.2. The highest BCUT2D eigenvalue weighted by molar-refractivity contribution is 5.92. The second-order valence-corrected chi connectivity index (χ2v) is 5.68. The van der Waals surface area contributed by atoms with Crippen LogP contribution in [0.1, 0.15) is 31.2 Å². The van der Waals surface area contributed by atoms with Crippen molar-refractivity contribution < 1.29 is 34.4 Å². The van der Waals surface area contributed by atoms with E-state index in [-0.39, 0.29) is 22.6 Å². The van der Waals surface area contributed by atoms with Crippen molar-refractivity contribution in [1.82, 2.24) is 4.98 Å². The standard InChI is InChI=1S/C20H13NO7/c22-18(23)11-1-4-14(5-2-11)28-17-6-3-13(19(24)25)9-15(17)12-7-8-21-16(10-12)20(26)27/h1-10H,(H,22,23)(H,24,25)(H,26,27). The molecule has 28 heavy (non-hydrogen) atoms. The number of carbonyl (C=O) groups is 3. The Balaban J connectivity index is 2.05. The zero-order valence-corrected chi connectivity index (χ0v) is 14.2. The van der Waals surface area contributed by atoms with Crippen LogP contribution in [0.25, 0.3) is 11.1 Å². The van der Waals surface area contributed by atoms with Crippen LogP contribution in [0.2, 0.25) is 0 Å². The lowest BCUT2D eigenvalue weighted by Gasteiger charge is -2.13. The van der Waals surface area contributed by atoms with E-state index in [9.17, 15) is 19.5 Å². The molecule has 8 nitrogen and oxygen atoms in total. The van der Waals surface area contributed by atoms with E-state index in [0.29, 0.717) is 16.9 Å². The second kappa shape index (κ2) is 7.58. The molecule has 0 aliphatic rings. The normalized spacial score (nSPS) is 10.3. The third-order valence-electron chi connectivity index (χ3n) is 3.85. The Morgan fingerprint density at radius 1 is 0.750 bits per heavy atom. The van der Waals surface area contributed by atoms with E-state index in [1.807, 2.05) is 0 Å². The van der Waals surface area contributed by atoms with Crippen LogP contribution in [0.3, 0.4) is 0 Å². The molecule has 0 fully saturated rings. The smallest absolute Gasteiger partial charge is 0.354 e. The molecule has 0 amide bonds. The van der Waals surface area contributed by atoms with Gasteiger partial charge in [-0.1, -0.05) is 0 Å². The first-order valence-electron chi connectivity index (χ1n) is 7.93. The predicted octanol–water partition coefficient (Wildman–Crippen LogP) is 3.64. The molecule has 3 N–H and O–H groups in total. The molecule has 0 atom stereocenters. The zero-order chi connectivity index (χ0) is 20.3. The summed E-state index contributed by atoms with van der Waals surface area (Å²) in [6.45, 7) is 0. The van der Waals surface area contributed by atoms with Gasteiger partial charge in [0.25, 0.3) is 0 Å². The number of ether oxygens (including phenoxy) is 1. The van der Waals surface area contributed by atoms with E-state index >= 15 is 0 Å². The largest absolute Gasteiger partial charge is 0.478 e. The molecule has 2 aromatic carbocycles. The maximum atomic E-state index is 11.3. The molecule has 1 heterocycles. The SMILES string of the molecule is O=C(O)c1ccc(Oc2ccc(C(=O)O)cc2-c2ccnc(C(=O)O)c2)cc1. The van der Waals surface area contributed by atoms with E-state index in [1.165, 1.54) is 60.8 Å². The van der Waals surface area contributed by atoms with Gasteiger partial charge in [0, 0.05) is 11.8 Å². The van der Waals surface area contributed by atoms with Crippen LogP contribution in [-0.4, -0.2) is 38.2 Å². The van der Waals surface area contributed by atoms with Crippen molar-refractivity contribution in [2.24, 2.45) is 0 Å². The predicted molar refractivity (Wildman–Crippen MR) is 97.1 cm³/mol. The Bertz CT molecular complexity index is 1070. The number of benzene rings is 2. The van der Waals surface area contributed by atoms with Gasteiger partial charge in [-0.2, -0.15) is 0 Å². The summed E-state index contributed by atoms with van der Waals surface area (Å²) < 4.78 is 5.78. The van der Waals surface area contributed by atoms with Crippen LogP contribution in [0, 0.1) is 0 Å². The van der Waals surface area contributed by atoms with Crippen molar-refractivity contribution in [2.45, 2.75) is 0 Å². The van der Waals surface area contributed by atoms with Crippen LogP contribution >= 0.6 is 0 Å². The van der Waals surface area contributed by atoms with Gasteiger partial charge in [0.2, 0.25) is 0 Å². The molecule has 0 unspecified atom stereocenters. The molecule has 1 aromatic heterocycles. The lowest BCUT2D eigenvalue weighted by molar-refractivity contribution is 0.0681. The molecule has 3 aromatic rings. The summed E-state index contributed by atoms with van der Waals surface area (Å²) >= 11 is 0. The van der Waals surface area contributed by atoms with E-state index < -0.39 is 17.9 Å². The molecule has 0 saturated heterocycles. The average molecular weight is 379 g/mol. The van der Waals surface area contributed by atoms with Gasteiger partial charge in [-0.15, -0.1) is 0 Å². The number of carboxylic acids is 3. The van der Waals surface area contributed by atoms with Gasteiger partial charge in [-0.05, 0) is 60.2 Å². The molecule has 0 radical (unpaired) electrons. The van der Waals surface area contributed by atoms with Crippen LogP contribution in [0.4, 0.5) is 0 Å². The lowest BCUT2D eigenvalue weighted by atomic mass is 10.0. The summed E-state index contributed by atoms with van der Waals surface area (Å²) in [5, 5.41) is 27.4. The molecule has 0 spiro atoms. The molecule has 0 aliphatic carbocycles. The molecular weight excluding hydrogens is 366 g/mol. The highest BCUT2D eigenvalue weighted by Gasteiger charge is 2.15. The fourth-order valence-corrected chi connectivity index (χ4v) is 2.49. The fourth-order valence-electron chi connectivity index (χ4n) is 2.49. The molecule has 0 saturated carbocycles. The summed E-state index contributed by atoms with van der Waals surface area (Å²) in [5.41, 5.74) is 0.654. The minimum Gasteiger partial charge on any atom is -0.478 e. The van der Waals surface area contributed by atoms with Gasteiger partial charge >= 0.3 is 17.9 Å². The highest BCUT2D eigenvalue weighted by Crippen LogP contribution is 2.34. The summed E-state index contributed by atoms with van der Waals surface area (Å²) in [5.74, 6) is -2.83. The zero-order valence-electron chi connectivity index (χ0n) is 14.2. The van der Waals surface area contributed by atoms with Gasteiger partial charge in [-0.3, -0.25) is 0 Å². The fraction of sp³-hybridized carbons (Fsp3) is 0. The topological polar surface area (TPSA) is 134 Å². The van der Waals surface area contributed by atoms with Crippen LogP contribution < -0.4 is 4.74 Å². The summed E-state index contributed by atoms with van der Waals surface area (Å²) in [6, 6.07) is 12.7. The maximum absolute atomic E-state index is 11.3. The van der Waals surface area contributed by atoms with Crippen molar-refractivity contribution in [3.8, 4) is 22.6 Å². The van der Waals surface area contributed by atoms with Gasteiger partial charge in [0.1, 0.15) is 17.2 Å². The number of hydrogen-bond donors (Lipinski definition) is 3. The van der Waals surface area contributed by atoms with E-state index in [2.05, 4.69) is 4.98 Å². The Labute approximate surface area is 158 Å². The number of aromatic nitrogens is 1. The Hall–Kier alpha value is -4.20. The lowest BCUT2D eigenvalue weighted by Crippen LogP contribution is -2.01. The van der Waals surface area contributed by atoms with Gasteiger partial charge in [-0.25, -0.2) is 19.4 Å². The Morgan fingerprint density at radius 3 is 2.00 bits per heavy atom. The minimum atomic E-state index is -1.22. The Morgan fingerprint density at radius 2 is 1.39 bits per heavy atom. The van der Waals surface area contributed by atoms with Gasteiger partial charge in [0.05, 0.1) is 11.1 Å². The molecule has 140 valence electrons. The van der Waals surface area contributed by atoms with Gasteiger partial charge in [0.15, 0.2) is 0 Å². The maximum Gasteiger partial charge on any atom is 0.354 e. The summed E-state index contributed by atoms with van der Waals surface area (Å²) in [7, 11) is 0. The van der Waals surface area contributed by atoms with Crippen molar-refractivity contribution in [3.05, 3.63) is 77.6 Å². The van der Waals surface area contributed by atoms with Crippen molar-refractivity contribution >= 4 is 17.9 Å². The van der Waals surface area contributed by atoms with Gasteiger partial charge < -0.3 is 20.1 Å². The average Bonchev–Trinajstić information content (AvgIpc) is 2.68. The first-order valence-corrected chi connectivity index (χ1v) is 7.93. The first-order chi connectivity index (χ1) is 13.3. The molecule has 3 rings (SSSR count). The van der Waals surface area contributed by atoms with E-state index in [4.69, 9.17) is 14.9 Å². The number of aromatic carboxylic acids is 3. The van der Waals surface area contributed by atoms with Crippen LogP contribution in [-0.2, 0) is 0 Å². The second-order valence-electron chi connectivity index (χ2n) is 5.68. The quantitative estimate of drug-likeness (QED) is 0.591. The van der Waals surface area contributed by atoms with Crippen molar-refractivity contribution in [3.63, 3.8) is 0 Å². The molecule has 0 bridgehead atoms. The molecule has 8 heteroatoms. The number of nitrogens with zero attached hydrogens (tertiary/aromatic N) is 1. The first kappa shape index (κ1) is 18.6. The third-order valence-corrected chi connectivity index (χ3v) is 3.85. The van der Waals surface area contributed by atoms with Crippen molar-refractivity contribution in [1.29, 1.82) is 0 Å². The number of pyridine rings is 1. The highest BCUT2D eigenvalue weighted by atomic mass is 16.5. The van der Waals surface area contributed by atoms with Crippen molar-refractivity contribution in [2.75, 3.05) is 0 Å². The van der Waals surface area contributed by atoms with E-state index in [1.54, 1.807) is 0 Å². The number of carboxylic acid groups (broad SMARTS) is 3. The third kappa shape index (κ3) is 3.96. The van der Waals surface area contributed by atoms with Crippen LogP contribution in [0.5, 0.6) is 11.5 Å². The minimum absolute atomic E-state index is 0.00253. The Kier molecular flexibility index (Phi) is 5.03. The molecule has 0 aliphatic heterocycles. The summed E-state index contributed by atoms with van der Waals surface area (Å²) in [6.07, 6.45) is 1.30. The van der Waals surface area contributed by atoms with E-state index in [0.717, 1.165) is 0 Å². The monoisotopic (exact) mass is 379 g/mol. The molecular formula is C20H13NO7. The number of hydrogen-bond acceptors (Lipinski definition) is 5.